The van der Waals surface area contributed by atoms with Crippen molar-refractivity contribution in [1.82, 2.24) is 29.5 Å². The second-order valence-corrected chi connectivity index (χ2v) is 8.12. The van der Waals surface area contributed by atoms with E-state index in [2.05, 4.69) is 36.7 Å². The quantitative estimate of drug-likeness (QED) is 0.782. The van der Waals surface area contributed by atoms with Gasteiger partial charge in [0.25, 0.3) is 0 Å². The van der Waals surface area contributed by atoms with Crippen LogP contribution in [0.4, 0.5) is 5.82 Å². The molecular formula is C21H31N7O. The average molecular weight is 398 g/mol. The molecule has 156 valence electrons. The summed E-state index contributed by atoms with van der Waals surface area (Å²) >= 11 is 0. The summed E-state index contributed by atoms with van der Waals surface area (Å²) in [6.45, 7) is 12.5. The molecule has 0 N–H and O–H groups in total. The minimum atomic E-state index is 0.0454. The zero-order valence-electron chi connectivity index (χ0n) is 17.7. The molecule has 8 nitrogen and oxygen atoms in total. The van der Waals surface area contributed by atoms with Crippen molar-refractivity contribution in [3.8, 4) is 5.82 Å². The summed E-state index contributed by atoms with van der Waals surface area (Å²) in [7, 11) is 0. The van der Waals surface area contributed by atoms with Crippen molar-refractivity contribution in [1.29, 1.82) is 0 Å². The molecule has 1 unspecified atom stereocenters. The summed E-state index contributed by atoms with van der Waals surface area (Å²) in [6, 6.07) is 4.02. The molecule has 2 aromatic heterocycles. The first kappa shape index (κ1) is 19.8. The van der Waals surface area contributed by atoms with E-state index < -0.39 is 0 Å². The fourth-order valence-electron chi connectivity index (χ4n) is 4.42. The van der Waals surface area contributed by atoms with Gasteiger partial charge in [0.2, 0.25) is 5.91 Å². The van der Waals surface area contributed by atoms with Crippen molar-refractivity contribution >= 4 is 11.7 Å². The first-order chi connectivity index (χ1) is 14.0. The Morgan fingerprint density at radius 2 is 1.83 bits per heavy atom. The Morgan fingerprint density at radius 3 is 2.52 bits per heavy atom. The molecule has 0 spiro atoms. The maximum atomic E-state index is 13.1. The van der Waals surface area contributed by atoms with E-state index in [1.807, 2.05) is 30.7 Å². The number of anilines is 1. The minimum absolute atomic E-state index is 0.0454. The molecular weight excluding hydrogens is 366 g/mol. The third-order valence-electron chi connectivity index (χ3n) is 6.09. The van der Waals surface area contributed by atoms with Crippen molar-refractivity contribution in [2.24, 2.45) is 5.92 Å². The number of rotatable bonds is 4. The number of amides is 1. The molecule has 0 saturated carbocycles. The van der Waals surface area contributed by atoms with E-state index in [1.54, 1.807) is 6.33 Å². The van der Waals surface area contributed by atoms with Crippen LogP contribution in [-0.4, -0.2) is 81.3 Å². The van der Waals surface area contributed by atoms with Crippen LogP contribution in [0.3, 0.4) is 0 Å². The zero-order chi connectivity index (χ0) is 20.4. The van der Waals surface area contributed by atoms with Gasteiger partial charge in [-0.25, -0.2) is 14.6 Å². The first-order valence-electron chi connectivity index (χ1n) is 10.7. The van der Waals surface area contributed by atoms with E-state index in [9.17, 15) is 4.79 Å². The highest BCUT2D eigenvalue weighted by Gasteiger charge is 2.31. The van der Waals surface area contributed by atoms with Gasteiger partial charge >= 0.3 is 0 Å². The number of piperidine rings is 1. The van der Waals surface area contributed by atoms with E-state index >= 15 is 0 Å². The minimum Gasteiger partial charge on any atom is -0.356 e. The maximum absolute atomic E-state index is 13.1. The summed E-state index contributed by atoms with van der Waals surface area (Å²) < 4.78 is 1.85. The highest BCUT2D eigenvalue weighted by atomic mass is 16.2. The van der Waals surface area contributed by atoms with E-state index in [0.717, 1.165) is 81.7 Å². The predicted molar refractivity (Wildman–Crippen MR) is 112 cm³/mol. The lowest BCUT2D eigenvalue weighted by Crippen LogP contribution is -2.52. The van der Waals surface area contributed by atoms with Gasteiger partial charge in [0.15, 0.2) is 5.82 Å². The van der Waals surface area contributed by atoms with Gasteiger partial charge in [-0.05, 0) is 39.3 Å². The fraction of sp³-hybridized carbons (Fsp3) is 0.619. The van der Waals surface area contributed by atoms with Gasteiger partial charge in [-0.15, -0.1) is 0 Å². The number of carbonyl (C=O) groups excluding carboxylic acids is 1. The Kier molecular flexibility index (Phi) is 5.80. The molecule has 2 aromatic rings. The summed E-state index contributed by atoms with van der Waals surface area (Å²) in [6.07, 6.45) is 3.56. The third-order valence-corrected chi connectivity index (χ3v) is 6.09. The number of aryl methyl sites for hydroxylation is 2. The molecule has 4 heterocycles. The van der Waals surface area contributed by atoms with Crippen LogP contribution < -0.4 is 4.90 Å². The molecule has 1 amide bonds. The largest absolute Gasteiger partial charge is 0.356 e. The van der Waals surface area contributed by atoms with Crippen LogP contribution >= 0.6 is 0 Å². The SMILES string of the molecule is CCN1CCN(C(=O)C2CCCN(c3cc(-n4nc(C)cc4C)ncn3)C2)CC1. The van der Waals surface area contributed by atoms with Gasteiger partial charge in [-0.2, -0.15) is 5.10 Å². The van der Waals surface area contributed by atoms with Crippen LogP contribution in [0.5, 0.6) is 0 Å². The molecule has 1 atom stereocenters. The molecule has 2 fully saturated rings. The Balaban J connectivity index is 1.45. The molecule has 0 radical (unpaired) electrons. The number of piperazine rings is 1. The summed E-state index contributed by atoms with van der Waals surface area (Å²) in [4.78, 5) is 28.7. The van der Waals surface area contributed by atoms with Crippen molar-refractivity contribution < 1.29 is 4.79 Å². The first-order valence-corrected chi connectivity index (χ1v) is 10.7. The van der Waals surface area contributed by atoms with Crippen molar-refractivity contribution in [3.05, 3.63) is 29.8 Å². The Morgan fingerprint density at radius 1 is 1.07 bits per heavy atom. The summed E-state index contributed by atoms with van der Waals surface area (Å²) in [5.74, 6) is 1.99. The molecule has 8 heteroatoms. The van der Waals surface area contributed by atoms with Gasteiger partial charge < -0.3 is 14.7 Å². The Hall–Kier alpha value is -2.48. The standard InChI is InChI=1S/C21H31N7O/c1-4-25-8-10-26(11-9-25)21(29)18-6-5-7-27(14-18)19-13-20(23-15-22-19)28-17(3)12-16(2)24-28/h12-13,15,18H,4-11,14H2,1-3H3. The lowest BCUT2D eigenvalue weighted by atomic mass is 9.96. The highest BCUT2D eigenvalue weighted by molar-refractivity contribution is 5.80. The topological polar surface area (TPSA) is 70.4 Å². The maximum Gasteiger partial charge on any atom is 0.227 e. The van der Waals surface area contributed by atoms with Crippen LogP contribution in [0, 0.1) is 19.8 Å². The molecule has 2 saturated heterocycles. The second-order valence-electron chi connectivity index (χ2n) is 8.12. The number of likely N-dealkylation sites (N-methyl/N-ethyl adjacent to an activating group) is 1. The van der Waals surface area contributed by atoms with Gasteiger partial charge in [0, 0.05) is 51.0 Å². The van der Waals surface area contributed by atoms with E-state index in [-0.39, 0.29) is 5.92 Å². The monoisotopic (exact) mass is 397 g/mol. The van der Waals surface area contributed by atoms with Gasteiger partial charge in [-0.3, -0.25) is 4.79 Å². The molecule has 0 bridgehead atoms. The lowest BCUT2D eigenvalue weighted by molar-refractivity contribution is -0.137. The third kappa shape index (κ3) is 4.27. The number of hydrogen-bond donors (Lipinski definition) is 0. The van der Waals surface area contributed by atoms with Crippen molar-refractivity contribution in [2.45, 2.75) is 33.6 Å². The zero-order valence-corrected chi connectivity index (χ0v) is 17.7. The van der Waals surface area contributed by atoms with Gasteiger partial charge in [-0.1, -0.05) is 6.92 Å². The molecule has 29 heavy (non-hydrogen) atoms. The fourth-order valence-corrected chi connectivity index (χ4v) is 4.42. The second kappa shape index (κ2) is 8.49. The van der Waals surface area contributed by atoms with E-state index in [0.29, 0.717) is 5.91 Å². The number of nitrogens with zero attached hydrogens (tertiary/aromatic N) is 7. The molecule has 4 rings (SSSR count). The number of hydrogen-bond acceptors (Lipinski definition) is 6. The summed E-state index contributed by atoms with van der Waals surface area (Å²) in [5, 5.41) is 4.53. The smallest absolute Gasteiger partial charge is 0.227 e. The van der Waals surface area contributed by atoms with Crippen LogP contribution in [0.25, 0.3) is 5.82 Å². The molecule has 2 aliphatic heterocycles. The normalized spacial score (nSPS) is 20.9. The van der Waals surface area contributed by atoms with E-state index in [1.165, 1.54) is 0 Å². The Labute approximate surface area is 172 Å². The van der Waals surface area contributed by atoms with Crippen LogP contribution in [-0.2, 0) is 4.79 Å². The van der Waals surface area contributed by atoms with Crippen LogP contribution in [0.15, 0.2) is 18.5 Å². The van der Waals surface area contributed by atoms with Crippen LogP contribution in [0.2, 0.25) is 0 Å². The number of aromatic nitrogens is 4. The predicted octanol–water partition coefficient (Wildman–Crippen LogP) is 1.66. The lowest BCUT2D eigenvalue weighted by Gasteiger charge is -2.39. The molecule has 2 aliphatic rings. The van der Waals surface area contributed by atoms with E-state index in [4.69, 9.17) is 0 Å². The average Bonchev–Trinajstić information content (AvgIpc) is 3.11. The van der Waals surface area contributed by atoms with Crippen LogP contribution in [0.1, 0.15) is 31.2 Å². The number of carbonyl (C=O) groups is 1. The van der Waals surface area contributed by atoms with Gasteiger partial charge in [0.05, 0.1) is 11.6 Å². The van der Waals surface area contributed by atoms with Gasteiger partial charge in [0.1, 0.15) is 12.1 Å². The highest BCUT2D eigenvalue weighted by Crippen LogP contribution is 2.24. The molecule has 0 aromatic carbocycles. The molecule has 0 aliphatic carbocycles. The summed E-state index contributed by atoms with van der Waals surface area (Å²) in [5.41, 5.74) is 2.01. The van der Waals surface area contributed by atoms with Crippen molar-refractivity contribution in [2.75, 3.05) is 50.7 Å². The van der Waals surface area contributed by atoms with Crippen molar-refractivity contribution in [3.63, 3.8) is 0 Å². The Bertz CT molecular complexity index is 856.